The van der Waals surface area contributed by atoms with E-state index in [1.807, 2.05) is 0 Å². The second-order valence-corrected chi connectivity index (χ2v) is 10.5. The lowest BCUT2D eigenvalue weighted by atomic mass is 10.3. The molecule has 0 aromatic rings. The third-order valence-corrected chi connectivity index (χ3v) is 8.82. The van der Waals surface area contributed by atoms with Crippen LogP contribution in [0, 0.1) is 0 Å². The molecule has 4 heteroatoms. The van der Waals surface area contributed by atoms with Gasteiger partial charge >= 0.3 is 5.97 Å². The van der Waals surface area contributed by atoms with Crippen molar-refractivity contribution in [3.8, 4) is 0 Å². The van der Waals surface area contributed by atoms with Crippen LogP contribution < -0.4 is 0 Å². The highest BCUT2D eigenvalue weighted by Gasteiger charge is 2.36. The molecule has 0 amide bonds. The Balaban J connectivity index is 4.73. The summed E-state index contributed by atoms with van der Waals surface area (Å²) in [5, 5.41) is 0. The Bertz CT molecular complexity index is 233. The molecule has 0 fully saturated rings. The summed E-state index contributed by atoms with van der Waals surface area (Å²) in [6.07, 6.45) is 11.0. The Morgan fingerprint density at radius 2 is 1.19 bits per heavy atom. The highest BCUT2D eigenvalue weighted by Crippen LogP contribution is 2.30. The fraction of sp³-hybridized carbons (Fsp3) is 0.941. The third-order valence-electron chi connectivity index (χ3n) is 4.15. The van der Waals surface area contributed by atoms with E-state index in [4.69, 9.17) is 16.0 Å². The third kappa shape index (κ3) is 10.3. The molecule has 21 heavy (non-hydrogen) atoms. The second kappa shape index (κ2) is 13.6. The molecule has 2 nitrogen and oxygen atoms in total. The van der Waals surface area contributed by atoms with Crippen molar-refractivity contribution in [3.63, 3.8) is 0 Å². The molecule has 0 aliphatic carbocycles. The van der Waals surface area contributed by atoms with Gasteiger partial charge in [-0.2, -0.15) is 0 Å². The SMILES string of the molecule is CCCCC[Si](CCCCC)(CCCCC)OC(=O)CCl. The lowest BCUT2D eigenvalue weighted by molar-refractivity contribution is -0.132. The molecular weight excluding hydrogens is 300 g/mol. The maximum atomic E-state index is 11.8. The monoisotopic (exact) mass is 334 g/mol. The lowest BCUT2D eigenvalue weighted by Crippen LogP contribution is -2.40. The van der Waals surface area contributed by atoms with Crippen molar-refractivity contribution in [1.82, 2.24) is 0 Å². The van der Waals surface area contributed by atoms with Gasteiger partial charge < -0.3 is 4.43 Å². The molecule has 0 saturated carbocycles. The van der Waals surface area contributed by atoms with E-state index in [1.165, 1.54) is 57.8 Å². The van der Waals surface area contributed by atoms with E-state index in [1.54, 1.807) is 0 Å². The highest BCUT2D eigenvalue weighted by molar-refractivity contribution is 6.75. The lowest BCUT2D eigenvalue weighted by Gasteiger charge is -2.31. The van der Waals surface area contributed by atoms with Crippen molar-refractivity contribution in [2.75, 3.05) is 5.88 Å². The number of carbonyl (C=O) groups excluding carboxylic acids is 1. The zero-order valence-corrected chi connectivity index (χ0v) is 16.1. The van der Waals surface area contributed by atoms with Gasteiger partial charge in [-0.3, -0.25) is 4.79 Å². The average Bonchev–Trinajstić information content (AvgIpc) is 2.48. The number of unbranched alkanes of at least 4 members (excludes halogenated alkanes) is 6. The summed E-state index contributed by atoms with van der Waals surface area (Å²) in [6.45, 7) is 6.67. The van der Waals surface area contributed by atoms with E-state index in [2.05, 4.69) is 20.8 Å². The zero-order valence-electron chi connectivity index (χ0n) is 14.4. The summed E-state index contributed by atoms with van der Waals surface area (Å²) < 4.78 is 6.00. The van der Waals surface area contributed by atoms with Crippen LogP contribution in [0.3, 0.4) is 0 Å². The minimum Gasteiger partial charge on any atom is -0.518 e. The van der Waals surface area contributed by atoms with Crippen molar-refractivity contribution in [2.45, 2.75) is 96.7 Å². The Morgan fingerprint density at radius 3 is 1.48 bits per heavy atom. The van der Waals surface area contributed by atoms with Crippen molar-refractivity contribution < 1.29 is 9.22 Å². The molecule has 0 saturated heterocycles. The molecule has 126 valence electrons. The largest absolute Gasteiger partial charge is 0.518 e. The molecule has 0 aromatic heterocycles. The van der Waals surface area contributed by atoms with Crippen LogP contribution in [-0.2, 0) is 9.22 Å². The fourth-order valence-electron chi connectivity index (χ4n) is 2.89. The smallest absolute Gasteiger partial charge is 0.307 e. The number of hydrogen-bond acceptors (Lipinski definition) is 2. The first-order valence-electron chi connectivity index (χ1n) is 8.92. The van der Waals surface area contributed by atoms with Crippen LogP contribution in [0.1, 0.15) is 78.6 Å². The molecule has 0 atom stereocenters. The predicted octanol–water partition coefficient (Wildman–Crippen LogP) is 6.28. The van der Waals surface area contributed by atoms with E-state index >= 15 is 0 Å². The number of halogens is 1. The second-order valence-electron chi connectivity index (χ2n) is 6.16. The van der Waals surface area contributed by atoms with Gasteiger partial charge in [0.05, 0.1) is 0 Å². The van der Waals surface area contributed by atoms with Gasteiger partial charge in [0.2, 0.25) is 0 Å². The van der Waals surface area contributed by atoms with E-state index in [-0.39, 0.29) is 11.8 Å². The Hall–Kier alpha value is -0.0231. The van der Waals surface area contributed by atoms with Crippen molar-refractivity contribution in [3.05, 3.63) is 0 Å². The minimum atomic E-state index is -1.93. The van der Waals surface area contributed by atoms with Crippen molar-refractivity contribution in [1.29, 1.82) is 0 Å². The maximum absolute atomic E-state index is 11.8. The van der Waals surface area contributed by atoms with E-state index in [9.17, 15) is 4.79 Å². The minimum absolute atomic E-state index is 0.00405. The maximum Gasteiger partial charge on any atom is 0.307 e. The van der Waals surface area contributed by atoms with Crippen LogP contribution in [0.2, 0.25) is 18.1 Å². The summed E-state index contributed by atoms with van der Waals surface area (Å²) in [5.41, 5.74) is 0. The molecule has 0 aliphatic heterocycles. The number of alkyl halides is 1. The Kier molecular flexibility index (Phi) is 13.6. The Morgan fingerprint density at radius 1 is 0.810 bits per heavy atom. The standard InChI is InChI=1S/C17H35ClO2Si/c1-4-7-10-13-21(14-11-8-5-2,15-12-9-6-3)20-17(19)16-18/h4-16H2,1-3H3. The topological polar surface area (TPSA) is 26.3 Å². The van der Waals surface area contributed by atoms with Crippen LogP contribution in [0.4, 0.5) is 0 Å². The molecule has 0 radical (unpaired) electrons. The first-order chi connectivity index (χ1) is 10.1. The van der Waals surface area contributed by atoms with E-state index < -0.39 is 8.32 Å². The van der Waals surface area contributed by atoms with Gasteiger partial charge in [-0.25, -0.2) is 0 Å². The van der Waals surface area contributed by atoms with Gasteiger partial charge in [-0.15, -0.1) is 11.6 Å². The summed E-state index contributed by atoms with van der Waals surface area (Å²) >= 11 is 5.69. The van der Waals surface area contributed by atoms with Crippen LogP contribution in [0.5, 0.6) is 0 Å². The zero-order chi connectivity index (χ0) is 16.0. The highest BCUT2D eigenvalue weighted by atomic mass is 35.5. The molecule has 0 aromatic carbocycles. The summed E-state index contributed by atoms with van der Waals surface area (Å²) in [4.78, 5) is 11.8. The van der Waals surface area contributed by atoms with Crippen LogP contribution in [0.25, 0.3) is 0 Å². The van der Waals surface area contributed by atoms with E-state index in [0.717, 1.165) is 18.1 Å². The Labute approximate surface area is 138 Å². The number of hydrogen-bond donors (Lipinski definition) is 0. The molecule has 0 heterocycles. The van der Waals surface area contributed by atoms with Gasteiger partial charge in [0.25, 0.3) is 8.32 Å². The molecule has 0 N–H and O–H groups in total. The fourth-order valence-corrected chi connectivity index (χ4v) is 7.33. The average molecular weight is 335 g/mol. The molecule has 0 rings (SSSR count). The quantitative estimate of drug-likeness (QED) is 0.212. The van der Waals surface area contributed by atoms with E-state index in [0.29, 0.717) is 0 Å². The van der Waals surface area contributed by atoms with Gasteiger partial charge in [0, 0.05) is 0 Å². The molecule has 0 bridgehead atoms. The van der Waals surface area contributed by atoms with Gasteiger partial charge in [0.15, 0.2) is 0 Å². The summed E-state index contributed by atoms with van der Waals surface area (Å²) in [5.74, 6) is -0.183. The molecule has 0 spiro atoms. The molecule has 0 aliphatic rings. The summed E-state index contributed by atoms with van der Waals surface area (Å²) in [7, 11) is -1.93. The first kappa shape index (κ1) is 21.0. The van der Waals surface area contributed by atoms with Crippen molar-refractivity contribution in [2.24, 2.45) is 0 Å². The van der Waals surface area contributed by atoms with Gasteiger partial charge in [-0.05, 0) is 18.1 Å². The summed E-state index contributed by atoms with van der Waals surface area (Å²) in [6, 6.07) is 3.41. The van der Waals surface area contributed by atoms with Crippen molar-refractivity contribution >= 4 is 25.9 Å². The van der Waals surface area contributed by atoms with Gasteiger partial charge in [-0.1, -0.05) is 78.6 Å². The first-order valence-corrected chi connectivity index (χ1v) is 12.0. The van der Waals surface area contributed by atoms with Crippen LogP contribution >= 0.6 is 11.6 Å². The number of carbonyl (C=O) groups is 1. The van der Waals surface area contributed by atoms with Gasteiger partial charge in [0.1, 0.15) is 5.88 Å². The van der Waals surface area contributed by atoms with Crippen LogP contribution in [-0.4, -0.2) is 20.2 Å². The van der Waals surface area contributed by atoms with Crippen LogP contribution in [0.15, 0.2) is 0 Å². The normalized spacial score (nSPS) is 11.6. The predicted molar refractivity (Wildman–Crippen MR) is 95.6 cm³/mol. The number of rotatable bonds is 14. The molecule has 0 unspecified atom stereocenters. The molecular formula is C17H35ClO2Si.